The van der Waals surface area contributed by atoms with Crippen LogP contribution in [0, 0.1) is 23.6 Å². The molecule has 0 bridgehead atoms. The van der Waals surface area contributed by atoms with Crippen LogP contribution in [0.15, 0.2) is 18.2 Å². The number of rotatable bonds is 4. The SMILES string of the molecule is Cl.Fc1ccc(CNCC2C3CNCC23)cc1C(F)(F)F. The maximum absolute atomic E-state index is 13.1. The average Bonchev–Trinajstić information content (AvgIpc) is 2.82. The number of fused-ring (bicyclic) bond motifs is 1. The van der Waals surface area contributed by atoms with Crippen molar-refractivity contribution in [3.8, 4) is 0 Å². The summed E-state index contributed by atoms with van der Waals surface area (Å²) < 4.78 is 50.9. The van der Waals surface area contributed by atoms with Crippen molar-refractivity contribution in [1.29, 1.82) is 0 Å². The zero-order chi connectivity index (χ0) is 14.3. The molecule has 118 valence electrons. The quantitative estimate of drug-likeness (QED) is 0.832. The maximum Gasteiger partial charge on any atom is 0.419 e. The molecule has 1 saturated heterocycles. The lowest BCUT2D eigenvalue weighted by Crippen LogP contribution is -2.23. The summed E-state index contributed by atoms with van der Waals surface area (Å²) in [6.45, 7) is 3.25. The van der Waals surface area contributed by atoms with E-state index in [1.807, 2.05) is 0 Å². The third-order valence-corrected chi connectivity index (χ3v) is 4.31. The predicted octanol–water partition coefficient (Wildman–Crippen LogP) is 2.82. The van der Waals surface area contributed by atoms with E-state index >= 15 is 0 Å². The first-order valence-electron chi connectivity index (χ1n) is 6.74. The first-order valence-corrected chi connectivity index (χ1v) is 6.74. The summed E-state index contributed by atoms with van der Waals surface area (Å²) in [5, 5.41) is 6.47. The lowest BCUT2D eigenvalue weighted by Gasteiger charge is -2.11. The number of hydrogen-bond donors (Lipinski definition) is 2. The molecule has 2 atom stereocenters. The predicted molar refractivity (Wildman–Crippen MR) is 73.7 cm³/mol. The van der Waals surface area contributed by atoms with Crippen LogP contribution < -0.4 is 10.6 Å². The van der Waals surface area contributed by atoms with Crippen LogP contribution in [0.4, 0.5) is 17.6 Å². The van der Waals surface area contributed by atoms with Crippen molar-refractivity contribution in [3.63, 3.8) is 0 Å². The number of piperidine rings is 1. The fourth-order valence-electron chi connectivity index (χ4n) is 3.13. The summed E-state index contributed by atoms with van der Waals surface area (Å²) >= 11 is 0. The Balaban J connectivity index is 0.00000161. The second-order valence-corrected chi connectivity index (χ2v) is 5.59. The van der Waals surface area contributed by atoms with E-state index in [4.69, 9.17) is 0 Å². The Bertz CT molecular complexity index is 496. The molecular formula is C14H17ClF4N2. The molecule has 0 amide bonds. The van der Waals surface area contributed by atoms with Crippen molar-refractivity contribution >= 4 is 12.4 Å². The Morgan fingerprint density at radius 2 is 1.86 bits per heavy atom. The molecule has 2 N–H and O–H groups in total. The van der Waals surface area contributed by atoms with Crippen molar-refractivity contribution in [1.82, 2.24) is 10.6 Å². The highest BCUT2D eigenvalue weighted by Crippen LogP contribution is 2.48. The molecule has 21 heavy (non-hydrogen) atoms. The Morgan fingerprint density at radius 1 is 1.19 bits per heavy atom. The molecule has 2 unspecified atom stereocenters. The number of halogens is 5. The van der Waals surface area contributed by atoms with Crippen molar-refractivity contribution in [2.45, 2.75) is 12.7 Å². The minimum absolute atomic E-state index is 0. The lowest BCUT2D eigenvalue weighted by molar-refractivity contribution is -0.140. The molecule has 1 aliphatic heterocycles. The van der Waals surface area contributed by atoms with Gasteiger partial charge in [0, 0.05) is 6.54 Å². The Hall–Kier alpha value is -0.850. The van der Waals surface area contributed by atoms with Gasteiger partial charge in [0.25, 0.3) is 0 Å². The molecule has 7 heteroatoms. The molecule has 1 aromatic rings. The van der Waals surface area contributed by atoms with Gasteiger partial charge >= 0.3 is 6.18 Å². The molecule has 1 aliphatic carbocycles. The fourth-order valence-corrected chi connectivity index (χ4v) is 3.13. The molecule has 1 aromatic carbocycles. The van der Waals surface area contributed by atoms with Crippen molar-refractivity contribution < 1.29 is 17.6 Å². The van der Waals surface area contributed by atoms with Crippen LogP contribution >= 0.6 is 12.4 Å². The molecule has 3 rings (SSSR count). The number of benzene rings is 1. The van der Waals surface area contributed by atoms with Gasteiger partial charge < -0.3 is 10.6 Å². The highest BCUT2D eigenvalue weighted by atomic mass is 35.5. The summed E-state index contributed by atoms with van der Waals surface area (Å²) in [5.41, 5.74) is -0.730. The molecular weight excluding hydrogens is 308 g/mol. The highest BCUT2D eigenvalue weighted by molar-refractivity contribution is 5.85. The van der Waals surface area contributed by atoms with Crippen molar-refractivity contribution in [3.05, 3.63) is 35.1 Å². The fraction of sp³-hybridized carbons (Fsp3) is 0.571. The zero-order valence-electron chi connectivity index (χ0n) is 11.2. The van der Waals surface area contributed by atoms with Gasteiger partial charge in [-0.3, -0.25) is 0 Å². The topological polar surface area (TPSA) is 24.1 Å². The summed E-state index contributed by atoms with van der Waals surface area (Å²) in [7, 11) is 0. The van der Waals surface area contributed by atoms with E-state index in [0.29, 0.717) is 18.0 Å². The molecule has 0 spiro atoms. The number of nitrogens with one attached hydrogen (secondary N) is 2. The molecule has 2 aliphatic rings. The van der Waals surface area contributed by atoms with Gasteiger partial charge in [0.15, 0.2) is 0 Å². The highest BCUT2D eigenvalue weighted by Gasteiger charge is 2.51. The van der Waals surface area contributed by atoms with E-state index in [9.17, 15) is 17.6 Å². The van der Waals surface area contributed by atoms with Crippen LogP contribution in [0.2, 0.25) is 0 Å². The van der Waals surface area contributed by atoms with Crippen LogP contribution in [-0.2, 0) is 12.7 Å². The summed E-state index contributed by atoms with van der Waals surface area (Å²) in [6.07, 6.45) is -4.64. The van der Waals surface area contributed by atoms with Crippen LogP contribution in [0.5, 0.6) is 0 Å². The van der Waals surface area contributed by atoms with E-state index in [-0.39, 0.29) is 12.4 Å². The summed E-state index contributed by atoms with van der Waals surface area (Å²) in [5.74, 6) is 0.866. The number of alkyl halides is 3. The number of hydrogen-bond acceptors (Lipinski definition) is 2. The van der Waals surface area contributed by atoms with Crippen LogP contribution in [-0.4, -0.2) is 19.6 Å². The van der Waals surface area contributed by atoms with E-state index in [2.05, 4.69) is 10.6 Å². The minimum atomic E-state index is -4.64. The average molecular weight is 325 g/mol. The van der Waals surface area contributed by atoms with Crippen molar-refractivity contribution in [2.24, 2.45) is 17.8 Å². The Kier molecular flexibility index (Phi) is 4.80. The smallest absolute Gasteiger partial charge is 0.316 e. The van der Waals surface area contributed by atoms with Crippen molar-refractivity contribution in [2.75, 3.05) is 19.6 Å². The van der Waals surface area contributed by atoms with Gasteiger partial charge in [-0.25, -0.2) is 4.39 Å². The second kappa shape index (κ2) is 6.10. The molecule has 1 saturated carbocycles. The molecule has 2 nitrogen and oxygen atoms in total. The summed E-state index contributed by atoms with van der Waals surface area (Å²) in [4.78, 5) is 0. The van der Waals surface area contributed by atoms with Gasteiger partial charge in [-0.05, 0) is 55.1 Å². The van der Waals surface area contributed by atoms with Gasteiger partial charge in [0.1, 0.15) is 5.82 Å². The third-order valence-electron chi connectivity index (χ3n) is 4.31. The van der Waals surface area contributed by atoms with Crippen LogP contribution in [0.1, 0.15) is 11.1 Å². The Morgan fingerprint density at radius 3 is 2.48 bits per heavy atom. The van der Waals surface area contributed by atoms with E-state index in [0.717, 1.165) is 43.6 Å². The first kappa shape index (κ1) is 16.5. The third kappa shape index (κ3) is 3.49. The van der Waals surface area contributed by atoms with Gasteiger partial charge in [-0.1, -0.05) is 6.07 Å². The maximum atomic E-state index is 13.1. The summed E-state index contributed by atoms with van der Waals surface area (Å²) in [6, 6.07) is 3.17. The monoisotopic (exact) mass is 324 g/mol. The van der Waals surface area contributed by atoms with Crippen LogP contribution in [0.25, 0.3) is 0 Å². The van der Waals surface area contributed by atoms with Gasteiger partial charge in [-0.2, -0.15) is 13.2 Å². The zero-order valence-corrected chi connectivity index (χ0v) is 12.0. The molecule has 2 fully saturated rings. The first-order chi connectivity index (χ1) is 9.47. The molecule has 0 radical (unpaired) electrons. The largest absolute Gasteiger partial charge is 0.419 e. The van der Waals surface area contributed by atoms with Crippen LogP contribution in [0.3, 0.4) is 0 Å². The molecule has 1 heterocycles. The van der Waals surface area contributed by atoms with Gasteiger partial charge in [-0.15, -0.1) is 12.4 Å². The second-order valence-electron chi connectivity index (χ2n) is 5.59. The Labute approximate surface area is 126 Å². The van der Waals surface area contributed by atoms with Gasteiger partial charge in [0.05, 0.1) is 5.56 Å². The minimum Gasteiger partial charge on any atom is -0.316 e. The van der Waals surface area contributed by atoms with E-state index in [1.165, 1.54) is 6.07 Å². The molecule has 0 aromatic heterocycles. The lowest BCUT2D eigenvalue weighted by atomic mass is 10.1. The normalized spacial score (nSPS) is 27.1. The van der Waals surface area contributed by atoms with E-state index < -0.39 is 17.6 Å². The van der Waals surface area contributed by atoms with Gasteiger partial charge in [0.2, 0.25) is 0 Å². The van der Waals surface area contributed by atoms with E-state index in [1.54, 1.807) is 0 Å². The standard InChI is InChI=1S/C14H16F4N2.ClH/c15-13-2-1-8(3-12(13)14(16,17)18)4-19-5-9-10-6-20-7-11(9)10;/h1-3,9-11,19-20H,4-7H2;1H.